The number of H-pyrrole nitrogens is 1. The summed E-state index contributed by atoms with van der Waals surface area (Å²) in [6, 6.07) is 5.38. The van der Waals surface area contributed by atoms with Crippen LogP contribution in [0, 0.1) is 0 Å². The largest absolute Gasteiger partial charge is 0.464 e. The molecule has 0 aliphatic rings. The fourth-order valence-electron chi connectivity index (χ4n) is 2.31. The van der Waals surface area contributed by atoms with Crippen molar-refractivity contribution in [2.24, 2.45) is 0 Å². The molecule has 1 aromatic carbocycles. The van der Waals surface area contributed by atoms with Gasteiger partial charge in [0.2, 0.25) is 0 Å². The smallest absolute Gasteiger partial charge is 0.354 e. The van der Waals surface area contributed by atoms with Crippen molar-refractivity contribution in [2.75, 3.05) is 13.7 Å². The number of esters is 2. The van der Waals surface area contributed by atoms with E-state index in [1.807, 2.05) is 6.07 Å². The Morgan fingerprint density at radius 1 is 1.30 bits per heavy atom. The van der Waals surface area contributed by atoms with Crippen LogP contribution in [0.15, 0.2) is 30.4 Å². The predicted molar refractivity (Wildman–Crippen MR) is 88.7 cm³/mol. The molecule has 23 heavy (non-hydrogen) atoms. The van der Waals surface area contributed by atoms with Gasteiger partial charge in [-0.3, -0.25) is 0 Å². The van der Waals surface area contributed by atoms with Gasteiger partial charge in [0.05, 0.1) is 13.7 Å². The second-order valence-electron chi connectivity index (χ2n) is 4.89. The van der Waals surface area contributed by atoms with Crippen molar-refractivity contribution in [3.63, 3.8) is 0 Å². The molecule has 1 aromatic heterocycles. The van der Waals surface area contributed by atoms with Crippen LogP contribution in [-0.4, -0.2) is 30.6 Å². The molecule has 0 unspecified atom stereocenters. The summed E-state index contributed by atoms with van der Waals surface area (Å²) in [5, 5.41) is 1.50. The van der Waals surface area contributed by atoms with Gasteiger partial charge in [0.1, 0.15) is 5.69 Å². The predicted octanol–water partition coefficient (Wildman–Crippen LogP) is 3.66. The summed E-state index contributed by atoms with van der Waals surface area (Å²) in [6.45, 7) is 2.12. The third-order valence-electron chi connectivity index (χ3n) is 3.31. The quantitative estimate of drug-likeness (QED) is 0.646. The number of aromatic amines is 1. The van der Waals surface area contributed by atoms with Crippen molar-refractivity contribution in [2.45, 2.75) is 19.8 Å². The highest BCUT2D eigenvalue weighted by molar-refractivity contribution is 6.31. The molecular formula is C17H18ClNO4. The lowest BCUT2D eigenvalue weighted by atomic mass is 10.0. The number of hydrogen-bond acceptors (Lipinski definition) is 4. The van der Waals surface area contributed by atoms with Gasteiger partial charge in [0.15, 0.2) is 0 Å². The summed E-state index contributed by atoms with van der Waals surface area (Å²) in [6.07, 6.45) is 4.53. The first-order valence-electron chi connectivity index (χ1n) is 7.28. The monoisotopic (exact) mass is 335 g/mol. The van der Waals surface area contributed by atoms with Crippen molar-refractivity contribution in [1.82, 2.24) is 4.98 Å². The molecule has 5 nitrogen and oxygen atoms in total. The van der Waals surface area contributed by atoms with Crippen LogP contribution < -0.4 is 0 Å². The van der Waals surface area contributed by atoms with Crippen molar-refractivity contribution < 1.29 is 19.1 Å². The van der Waals surface area contributed by atoms with E-state index in [2.05, 4.69) is 4.98 Å². The standard InChI is InChI=1S/C17H18ClNO4/c1-3-23-16(20)7-5-4-6-11-8-12(18)9-14-13(11)10-15(19-14)17(21)22-2/h5,7-10,19H,3-4,6H2,1-2H3. The molecule has 0 amide bonds. The molecule has 0 bridgehead atoms. The Kier molecular flexibility index (Phi) is 5.82. The summed E-state index contributed by atoms with van der Waals surface area (Å²) in [5.74, 6) is -0.774. The van der Waals surface area contributed by atoms with Gasteiger partial charge in [-0.05, 0) is 43.5 Å². The zero-order valence-electron chi connectivity index (χ0n) is 13.0. The third kappa shape index (κ3) is 4.36. The highest BCUT2D eigenvalue weighted by Gasteiger charge is 2.12. The van der Waals surface area contributed by atoms with Gasteiger partial charge >= 0.3 is 11.9 Å². The average Bonchev–Trinajstić information content (AvgIpc) is 2.94. The first-order chi connectivity index (χ1) is 11.0. The summed E-state index contributed by atoms with van der Waals surface area (Å²) < 4.78 is 9.54. The lowest BCUT2D eigenvalue weighted by molar-refractivity contribution is -0.137. The van der Waals surface area contributed by atoms with Crippen LogP contribution >= 0.6 is 11.6 Å². The van der Waals surface area contributed by atoms with Crippen molar-refractivity contribution in [3.8, 4) is 0 Å². The number of rotatable bonds is 6. The second-order valence-corrected chi connectivity index (χ2v) is 5.33. The van der Waals surface area contributed by atoms with Gasteiger partial charge in [0, 0.05) is 22.0 Å². The molecule has 0 fully saturated rings. The summed E-state index contributed by atoms with van der Waals surface area (Å²) in [7, 11) is 1.34. The fourth-order valence-corrected chi connectivity index (χ4v) is 2.55. The molecule has 0 spiro atoms. The van der Waals surface area contributed by atoms with Crippen LogP contribution in [0.2, 0.25) is 5.02 Å². The molecule has 0 aliphatic heterocycles. The third-order valence-corrected chi connectivity index (χ3v) is 3.53. The van der Waals surface area contributed by atoms with E-state index in [0.717, 1.165) is 16.5 Å². The number of aromatic nitrogens is 1. The van der Waals surface area contributed by atoms with E-state index in [1.165, 1.54) is 13.2 Å². The SMILES string of the molecule is CCOC(=O)C=CCCc1cc(Cl)cc2[nH]c(C(=O)OC)cc12. The van der Waals surface area contributed by atoms with E-state index in [4.69, 9.17) is 21.1 Å². The topological polar surface area (TPSA) is 68.4 Å². The minimum Gasteiger partial charge on any atom is -0.464 e. The molecule has 2 aromatic rings. The van der Waals surface area contributed by atoms with Crippen LogP contribution in [0.4, 0.5) is 0 Å². The van der Waals surface area contributed by atoms with Crippen LogP contribution in [0.1, 0.15) is 29.4 Å². The number of nitrogens with one attached hydrogen (secondary N) is 1. The highest BCUT2D eigenvalue weighted by atomic mass is 35.5. The number of allylic oxidation sites excluding steroid dienone is 1. The zero-order chi connectivity index (χ0) is 16.8. The zero-order valence-corrected chi connectivity index (χ0v) is 13.8. The van der Waals surface area contributed by atoms with Crippen molar-refractivity contribution >= 4 is 34.4 Å². The minimum atomic E-state index is -0.425. The van der Waals surface area contributed by atoms with E-state index < -0.39 is 5.97 Å². The first kappa shape index (κ1) is 17.1. The summed E-state index contributed by atoms with van der Waals surface area (Å²) in [5.41, 5.74) is 2.16. The molecule has 0 aliphatic carbocycles. The van der Waals surface area contributed by atoms with Gasteiger partial charge in [-0.15, -0.1) is 0 Å². The number of fused-ring (bicyclic) bond motifs is 1. The first-order valence-corrected chi connectivity index (χ1v) is 7.65. The van der Waals surface area contributed by atoms with Crippen molar-refractivity contribution in [1.29, 1.82) is 0 Å². The molecule has 1 N–H and O–H groups in total. The van der Waals surface area contributed by atoms with Gasteiger partial charge in [-0.25, -0.2) is 9.59 Å². The number of ether oxygens (including phenoxy) is 2. The molecule has 1 heterocycles. The molecule has 6 heteroatoms. The number of aryl methyl sites for hydroxylation is 1. The van der Waals surface area contributed by atoms with E-state index in [0.29, 0.717) is 30.2 Å². The van der Waals surface area contributed by atoms with E-state index in [9.17, 15) is 9.59 Å². The second kappa shape index (κ2) is 7.83. The normalized spacial score (nSPS) is 11.1. The van der Waals surface area contributed by atoms with Crippen LogP contribution in [0.3, 0.4) is 0 Å². The van der Waals surface area contributed by atoms with Gasteiger partial charge in [-0.2, -0.15) is 0 Å². The van der Waals surface area contributed by atoms with E-state index >= 15 is 0 Å². The number of benzene rings is 1. The Hall–Kier alpha value is -2.27. The molecule has 0 saturated heterocycles. The van der Waals surface area contributed by atoms with Gasteiger partial charge < -0.3 is 14.5 Å². The van der Waals surface area contributed by atoms with Crippen molar-refractivity contribution in [3.05, 3.63) is 46.6 Å². The minimum absolute atomic E-state index is 0.349. The molecule has 0 atom stereocenters. The summed E-state index contributed by atoms with van der Waals surface area (Å²) in [4.78, 5) is 25.9. The molecule has 0 saturated carbocycles. The number of halogens is 1. The number of hydrogen-bond donors (Lipinski definition) is 1. The van der Waals surface area contributed by atoms with Gasteiger partial charge in [-0.1, -0.05) is 17.7 Å². The van der Waals surface area contributed by atoms with Crippen LogP contribution in [-0.2, 0) is 20.7 Å². The Bertz CT molecular complexity index is 748. The molecule has 122 valence electrons. The Morgan fingerprint density at radius 2 is 2.09 bits per heavy atom. The maximum atomic E-state index is 11.6. The Morgan fingerprint density at radius 3 is 2.78 bits per heavy atom. The lowest BCUT2D eigenvalue weighted by Crippen LogP contribution is -2.00. The van der Waals surface area contributed by atoms with Gasteiger partial charge in [0.25, 0.3) is 0 Å². The summed E-state index contributed by atoms with van der Waals surface area (Å²) >= 11 is 6.12. The molecular weight excluding hydrogens is 318 g/mol. The Balaban J connectivity index is 2.18. The number of carbonyl (C=O) groups excluding carboxylic acids is 2. The maximum absolute atomic E-state index is 11.6. The fraction of sp³-hybridized carbons (Fsp3) is 0.294. The number of carbonyl (C=O) groups is 2. The highest BCUT2D eigenvalue weighted by Crippen LogP contribution is 2.26. The number of methoxy groups -OCH3 is 1. The molecule has 0 radical (unpaired) electrons. The van der Waals surface area contributed by atoms with Crippen LogP contribution in [0.5, 0.6) is 0 Å². The molecule has 2 rings (SSSR count). The lowest BCUT2D eigenvalue weighted by Gasteiger charge is -2.02. The van der Waals surface area contributed by atoms with E-state index in [-0.39, 0.29) is 5.97 Å². The average molecular weight is 336 g/mol. The maximum Gasteiger partial charge on any atom is 0.354 e. The van der Waals surface area contributed by atoms with Crippen LogP contribution in [0.25, 0.3) is 10.9 Å². The van der Waals surface area contributed by atoms with E-state index in [1.54, 1.807) is 25.1 Å². The Labute approximate surface area is 139 Å².